The van der Waals surface area contributed by atoms with Crippen molar-refractivity contribution in [1.29, 1.82) is 0 Å². The van der Waals surface area contributed by atoms with Crippen LogP contribution in [-0.2, 0) is 23.5 Å². The lowest BCUT2D eigenvalue weighted by Gasteiger charge is -2.59. The highest BCUT2D eigenvalue weighted by Crippen LogP contribution is 2.79. The van der Waals surface area contributed by atoms with Crippen molar-refractivity contribution in [2.75, 3.05) is 13.7 Å². The zero-order valence-corrected chi connectivity index (χ0v) is 20.1. The summed E-state index contributed by atoms with van der Waals surface area (Å²) in [6, 6.07) is 0. The van der Waals surface area contributed by atoms with E-state index in [2.05, 4.69) is 26.2 Å². The molecule has 0 amide bonds. The van der Waals surface area contributed by atoms with Crippen LogP contribution in [0.25, 0.3) is 0 Å². The molecule has 5 nitrogen and oxygen atoms in total. The predicted molar refractivity (Wildman–Crippen MR) is 115 cm³/mol. The van der Waals surface area contributed by atoms with Gasteiger partial charge < -0.3 is 13.9 Å². The van der Waals surface area contributed by atoms with Crippen LogP contribution in [0.1, 0.15) is 45.4 Å². The third-order valence-electron chi connectivity index (χ3n) is 9.57. The molecule has 0 N–H and O–H groups in total. The van der Waals surface area contributed by atoms with Gasteiger partial charge >= 0.3 is 11.9 Å². The molecule has 1 spiro atoms. The second-order valence-corrected chi connectivity index (χ2v) is 16.4. The van der Waals surface area contributed by atoms with Crippen LogP contribution in [0.2, 0.25) is 19.6 Å². The lowest BCUT2D eigenvalue weighted by molar-refractivity contribution is -0.218. The monoisotopic (exact) mass is 432 g/mol. The third-order valence-corrected chi connectivity index (χ3v) is 10.6. The number of cyclic esters (lactones) is 1. The summed E-state index contributed by atoms with van der Waals surface area (Å²) in [6.45, 7) is 13.4. The topological polar surface area (TPSA) is 61.8 Å². The number of carbonyl (C=O) groups is 2. The van der Waals surface area contributed by atoms with E-state index in [1.165, 1.54) is 12.7 Å². The summed E-state index contributed by atoms with van der Waals surface area (Å²) in [5.74, 6) is 0.210. The molecular formula is C24H36O5Si. The van der Waals surface area contributed by atoms with Gasteiger partial charge in [-0.15, -0.1) is 0 Å². The van der Waals surface area contributed by atoms with Crippen LogP contribution in [-0.4, -0.2) is 40.1 Å². The Labute approximate surface area is 181 Å². The van der Waals surface area contributed by atoms with E-state index in [0.717, 1.165) is 38.5 Å². The number of rotatable bonds is 3. The van der Waals surface area contributed by atoms with Crippen molar-refractivity contribution in [3.8, 4) is 0 Å². The first kappa shape index (κ1) is 20.7. The molecule has 4 bridgehead atoms. The van der Waals surface area contributed by atoms with Crippen LogP contribution < -0.4 is 0 Å². The van der Waals surface area contributed by atoms with Crippen LogP contribution in [0.4, 0.5) is 0 Å². The highest BCUT2D eigenvalue weighted by atomic mass is 28.4. The Balaban J connectivity index is 1.70. The van der Waals surface area contributed by atoms with Crippen molar-refractivity contribution < 1.29 is 23.5 Å². The Morgan fingerprint density at radius 2 is 1.93 bits per heavy atom. The Hall–Kier alpha value is -1.14. The molecule has 1 aliphatic heterocycles. The van der Waals surface area contributed by atoms with Crippen LogP contribution in [0.15, 0.2) is 12.2 Å². The summed E-state index contributed by atoms with van der Waals surface area (Å²) in [4.78, 5) is 26.9. The minimum atomic E-state index is -1.89. The fraction of sp³-hybridized carbons (Fsp3) is 0.833. The molecule has 30 heavy (non-hydrogen) atoms. The van der Waals surface area contributed by atoms with Gasteiger partial charge in [0.1, 0.15) is 0 Å². The molecule has 0 aromatic carbocycles. The van der Waals surface area contributed by atoms with Gasteiger partial charge in [-0.25, -0.2) is 0 Å². The Bertz CT molecular complexity index is 817. The van der Waals surface area contributed by atoms with E-state index in [0.29, 0.717) is 18.4 Å². The van der Waals surface area contributed by atoms with Gasteiger partial charge in [0.2, 0.25) is 0 Å². The first-order valence-corrected chi connectivity index (χ1v) is 15.0. The van der Waals surface area contributed by atoms with Crippen LogP contribution >= 0.6 is 0 Å². The average Bonchev–Trinajstić information content (AvgIpc) is 3.08. The van der Waals surface area contributed by atoms with Crippen molar-refractivity contribution in [2.45, 2.75) is 71.2 Å². The number of esters is 2. The SMILES string of the molecule is C=C1C[C@]23CC1CC[C@H]2[C@@]12CC[C@H](O[Si](C)(C)C)C(C)(C(=O)OC1)[C@H]2[C@@H]3C(=O)OC. The predicted octanol–water partition coefficient (Wildman–Crippen LogP) is 4.33. The first-order valence-electron chi connectivity index (χ1n) is 11.6. The number of hydrogen-bond acceptors (Lipinski definition) is 5. The molecule has 2 unspecified atom stereocenters. The summed E-state index contributed by atoms with van der Waals surface area (Å²) < 4.78 is 18.0. The van der Waals surface area contributed by atoms with Crippen LogP contribution in [0.5, 0.6) is 0 Å². The van der Waals surface area contributed by atoms with E-state index in [9.17, 15) is 9.59 Å². The molecule has 4 saturated carbocycles. The van der Waals surface area contributed by atoms with Gasteiger partial charge in [-0.3, -0.25) is 9.59 Å². The second-order valence-electron chi connectivity index (χ2n) is 11.9. The largest absolute Gasteiger partial charge is 0.469 e. The molecule has 1 heterocycles. The van der Waals surface area contributed by atoms with Crippen LogP contribution in [0, 0.1) is 39.9 Å². The fourth-order valence-corrected chi connectivity index (χ4v) is 10.0. The van der Waals surface area contributed by atoms with E-state index in [4.69, 9.17) is 13.9 Å². The highest BCUT2D eigenvalue weighted by Gasteiger charge is 2.80. The smallest absolute Gasteiger partial charge is 0.314 e. The quantitative estimate of drug-likeness (QED) is 0.377. The van der Waals surface area contributed by atoms with E-state index in [1.807, 2.05) is 6.92 Å². The van der Waals surface area contributed by atoms with Crippen LogP contribution in [0.3, 0.4) is 0 Å². The Kier molecular flexibility index (Phi) is 4.30. The van der Waals surface area contributed by atoms with Crippen molar-refractivity contribution in [2.24, 2.45) is 39.9 Å². The standard InChI is InChI=1S/C24H36O5Si/c1-14-11-24-12-15(14)7-8-16(24)23-10-9-17(29-30(4,5)6)22(2,21(26)28-13-23)19(23)18(24)20(25)27-3/h15-19H,1,7-13H2,2-6H3/t15?,16-,17-,18+,19+,22?,23+,24-/m0/s1. The first-order chi connectivity index (χ1) is 14.0. The Morgan fingerprint density at radius 1 is 1.20 bits per heavy atom. The molecule has 0 aromatic rings. The normalized spacial score (nSPS) is 49.3. The molecule has 5 fully saturated rings. The minimum Gasteiger partial charge on any atom is -0.469 e. The average molecular weight is 433 g/mol. The van der Waals surface area contributed by atoms with Crippen molar-refractivity contribution >= 4 is 20.3 Å². The van der Waals surface area contributed by atoms with Gasteiger partial charge in [-0.2, -0.15) is 0 Å². The van der Waals surface area contributed by atoms with E-state index in [-0.39, 0.29) is 40.7 Å². The fourth-order valence-electron chi connectivity index (χ4n) is 8.82. The van der Waals surface area contributed by atoms with E-state index < -0.39 is 13.7 Å². The zero-order chi connectivity index (χ0) is 21.7. The Morgan fingerprint density at radius 3 is 2.60 bits per heavy atom. The van der Waals surface area contributed by atoms with E-state index >= 15 is 0 Å². The number of allylic oxidation sites excluding steroid dienone is 1. The maximum Gasteiger partial charge on any atom is 0.314 e. The number of fused-ring (bicyclic) bond motifs is 1. The second kappa shape index (κ2) is 6.22. The summed E-state index contributed by atoms with van der Waals surface area (Å²) in [7, 11) is -0.389. The van der Waals surface area contributed by atoms with Gasteiger partial charge in [0.15, 0.2) is 8.32 Å². The van der Waals surface area contributed by atoms with Gasteiger partial charge in [0.25, 0.3) is 0 Å². The molecule has 0 aromatic heterocycles. The summed E-state index contributed by atoms with van der Waals surface area (Å²) in [5, 5.41) is 0. The highest BCUT2D eigenvalue weighted by molar-refractivity contribution is 6.69. The molecule has 5 aliphatic rings. The zero-order valence-electron chi connectivity index (χ0n) is 19.1. The summed E-state index contributed by atoms with van der Waals surface area (Å²) in [6.07, 6.45) is 5.79. The number of ether oxygens (including phenoxy) is 2. The molecule has 8 atom stereocenters. The lowest BCUT2D eigenvalue weighted by atomic mass is 9.50. The van der Waals surface area contributed by atoms with Gasteiger partial charge in [0.05, 0.1) is 31.2 Å². The number of hydrogen-bond donors (Lipinski definition) is 0. The minimum absolute atomic E-state index is 0.0801. The van der Waals surface area contributed by atoms with Crippen molar-refractivity contribution in [3.05, 3.63) is 12.2 Å². The molecule has 6 heteroatoms. The van der Waals surface area contributed by atoms with Crippen molar-refractivity contribution in [1.82, 2.24) is 0 Å². The summed E-state index contributed by atoms with van der Waals surface area (Å²) in [5.41, 5.74) is 0.210. The van der Waals surface area contributed by atoms with Crippen molar-refractivity contribution in [3.63, 3.8) is 0 Å². The van der Waals surface area contributed by atoms with Gasteiger partial charge in [-0.1, -0.05) is 12.2 Å². The number of carbonyl (C=O) groups excluding carboxylic acids is 2. The molecule has 5 rings (SSSR count). The number of methoxy groups -OCH3 is 1. The maximum absolute atomic E-state index is 13.4. The summed E-state index contributed by atoms with van der Waals surface area (Å²) >= 11 is 0. The lowest BCUT2D eigenvalue weighted by Crippen LogP contribution is -2.65. The maximum atomic E-state index is 13.4. The molecular weight excluding hydrogens is 396 g/mol. The molecule has 166 valence electrons. The molecule has 0 radical (unpaired) electrons. The van der Waals surface area contributed by atoms with Gasteiger partial charge in [-0.05, 0) is 82.3 Å². The van der Waals surface area contributed by atoms with E-state index in [1.54, 1.807) is 0 Å². The third kappa shape index (κ3) is 2.38. The van der Waals surface area contributed by atoms with Gasteiger partial charge in [0, 0.05) is 11.3 Å². The molecule has 4 aliphatic carbocycles. The molecule has 1 saturated heterocycles.